The number of anilines is 4. The molecule has 0 spiro atoms. The Bertz CT molecular complexity index is 3960. The molecule has 9 aromatic rings. The predicted octanol–water partition coefficient (Wildman–Crippen LogP) is 21.2. The second-order valence-corrected chi connectivity index (χ2v) is 32.5. The Morgan fingerprint density at radius 2 is 1.07 bits per heavy atom. The fourth-order valence-electron chi connectivity index (χ4n) is 13.6. The SMILES string of the molecule is CC1=C(/C=C(\c2ccccc2)N(C2=CC(C)(C3=CC=CCC3)CC=C2c2ccccc2)c2ccccc2)C(S(C)(C)C)(S(C)(C)C)c2cc(N(c3ccccc3)c3cc(-c4ccccc4)ccc3-c3ccccc3)c3ccccc3c21. The number of hydrogen-bond donors (Lipinski definition) is 0. The molecule has 81 heavy (non-hydrogen) atoms. The highest BCUT2D eigenvalue weighted by atomic mass is 32.3. The number of benzene rings is 9. The Morgan fingerprint density at radius 3 is 1.67 bits per heavy atom. The lowest BCUT2D eigenvalue weighted by molar-refractivity contribution is 0.492. The van der Waals surface area contributed by atoms with Crippen LogP contribution in [0.3, 0.4) is 0 Å². The summed E-state index contributed by atoms with van der Waals surface area (Å²) in [5.74, 6) is 0. The summed E-state index contributed by atoms with van der Waals surface area (Å²) >= 11 is 0. The zero-order valence-electron chi connectivity index (χ0n) is 48.2. The summed E-state index contributed by atoms with van der Waals surface area (Å²) in [6.45, 7) is 4.91. The van der Waals surface area contributed by atoms with Gasteiger partial charge in [-0.15, -0.1) is 0 Å². The van der Waals surface area contributed by atoms with Crippen molar-refractivity contribution in [2.45, 2.75) is 37.2 Å². The molecule has 3 aliphatic rings. The molecule has 3 aliphatic carbocycles. The third-order valence-corrected chi connectivity index (χ3v) is 24.4. The topological polar surface area (TPSA) is 6.48 Å². The number of rotatable bonds is 14. The second kappa shape index (κ2) is 21.8. The van der Waals surface area contributed by atoms with Crippen molar-refractivity contribution in [1.29, 1.82) is 0 Å². The summed E-state index contributed by atoms with van der Waals surface area (Å²) in [6.07, 6.45) is 33.4. The maximum Gasteiger partial charge on any atom is 0.0809 e. The summed E-state index contributed by atoms with van der Waals surface area (Å²) in [6, 6.07) is 85.4. The minimum absolute atomic E-state index is 0.193. The van der Waals surface area contributed by atoms with Gasteiger partial charge in [0.15, 0.2) is 0 Å². The van der Waals surface area contributed by atoms with E-state index in [0.29, 0.717) is 0 Å². The van der Waals surface area contributed by atoms with Gasteiger partial charge in [0.25, 0.3) is 0 Å². The normalized spacial score (nSPS) is 17.5. The van der Waals surface area contributed by atoms with Crippen molar-refractivity contribution in [3.8, 4) is 22.3 Å². The van der Waals surface area contributed by atoms with E-state index < -0.39 is 20.1 Å². The number of para-hydroxylation sites is 2. The number of fused-ring (bicyclic) bond motifs is 3. The van der Waals surface area contributed by atoms with E-state index >= 15 is 0 Å². The van der Waals surface area contributed by atoms with Gasteiger partial charge in [-0.05, 0) is 168 Å². The number of hydrogen-bond acceptors (Lipinski definition) is 2. The van der Waals surface area contributed by atoms with Gasteiger partial charge >= 0.3 is 0 Å². The quantitative estimate of drug-likeness (QED) is 0.107. The average Bonchev–Trinajstić information content (AvgIpc) is 2.03. The van der Waals surface area contributed by atoms with Crippen molar-refractivity contribution < 1.29 is 0 Å². The second-order valence-electron chi connectivity index (χ2n) is 23.7. The third-order valence-electron chi connectivity index (χ3n) is 17.1. The Labute approximate surface area is 485 Å². The fourth-order valence-corrected chi connectivity index (χ4v) is 23.0. The Kier molecular flexibility index (Phi) is 14.4. The van der Waals surface area contributed by atoms with Crippen LogP contribution >= 0.6 is 20.1 Å². The molecule has 12 rings (SSSR count). The maximum absolute atomic E-state index is 2.67. The summed E-state index contributed by atoms with van der Waals surface area (Å²) in [5, 5.41) is 2.50. The summed E-state index contributed by atoms with van der Waals surface area (Å²) < 4.78 is -0.371. The lowest BCUT2D eigenvalue weighted by Gasteiger charge is -2.59. The minimum atomic E-state index is -1.52. The Hall–Kier alpha value is -8.02. The molecule has 2 nitrogen and oxygen atoms in total. The molecule has 0 bridgehead atoms. The highest BCUT2D eigenvalue weighted by Gasteiger charge is 2.55. The maximum atomic E-state index is 2.67. The first-order chi connectivity index (χ1) is 39.3. The van der Waals surface area contributed by atoms with E-state index in [2.05, 4.69) is 328 Å². The van der Waals surface area contributed by atoms with Gasteiger partial charge in [0.1, 0.15) is 0 Å². The first-order valence-electron chi connectivity index (χ1n) is 28.5. The molecule has 0 amide bonds. The molecule has 0 aliphatic heterocycles. The fraction of sp³-hybridized carbons (Fsp3) is 0.169. The molecule has 0 fully saturated rings. The van der Waals surface area contributed by atoms with Crippen molar-refractivity contribution in [2.24, 2.45) is 5.41 Å². The van der Waals surface area contributed by atoms with Gasteiger partial charge in [-0.3, -0.25) is 0 Å². The van der Waals surface area contributed by atoms with Gasteiger partial charge in [0.05, 0.1) is 26.8 Å². The van der Waals surface area contributed by atoms with E-state index in [9.17, 15) is 0 Å². The monoisotopic (exact) mass is 1090 g/mol. The molecule has 0 radical (unpaired) electrons. The average molecular weight is 1090 g/mol. The highest BCUT2D eigenvalue weighted by molar-refractivity contribution is 8.48. The largest absolute Gasteiger partial charge is 0.310 e. The molecule has 0 aromatic heterocycles. The van der Waals surface area contributed by atoms with Crippen LogP contribution < -0.4 is 9.80 Å². The molecular weight excluding hydrogens is 1020 g/mol. The van der Waals surface area contributed by atoms with Crippen LogP contribution in [0.15, 0.2) is 284 Å². The summed E-state index contributed by atoms with van der Waals surface area (Å²) in [5.41, 5.74) is 22.1. The zero-order valence-corrected chi connectivity index (χ0v) is 49.9. The summed E-state index contributed by atoms with van der Waals surface area (Å²) in [7, 11) is -3.05. The van der Waals surface area contributed by atoms with Gasteiger partial charge in [-0.1, -0.05) is 231 Å². The lowest BCUT2D eigenvalue weighted by Crippen LogP contribution is -2.37. The predicted molar refractivity (Wildman–Crippen MR) is 360 cm³/mol. The minimum Gasteiger partial charge on any atom is -0.310 e. The molecule has 0 N–H and O–H groups in total. The molecule has 0 heterocycles. The smallest absolute Gasteiger partial charge is 0.0809 e. The first-order valence-corrected chi connectivity index (χ1v) is 34.2. The standard InChI is InChI=1S/C77H74N2S2/c1-56-69(53-71(60-38-22-12-23-39-60)78(63-42-26-14-27-43-63)74-55-76(2,62-40-24-13-25-41-62)51-50-66(74)59-36-20-11-21-37-59)77(80(3,4)5,81(6,7)8)70-54-73(67-46-30-31-47-68(67)75(56)70)79(64-44-28-15-29-45-64)72-52-61(57-32-16-9-17-33-57)48-49-65(72)58-34-18-10-19-35-58/h9-24,26-40,42-50,52-55H,25,41,51H2,1-8H3/b71-53+. The van der Waals surface area contributed by atoms with Crippen molar-refractivity contribution in [3.05, 3.63) is 306 Å². The summed E-state index contributed by atoms with van der Waals surface area (Å²) in [4.78, 5) is 5.20. The van der Waals surface area contributed by atoms with E-state index in [1.165, 1.54) is 89.0 Å². The van der Waals surface area contributed by atoms with Crippen molar-refractivity contribution in [1.82, 2.24) is 0 Å². The van der Waals surface area contributed by atoms with Gasteiger partial charge in [0, 0.05) is 33.3 Å². The third kappa shape index (κ3) is 9.66. The van der Waals surface area contributed by atoms with Crippen LogP contribution in [0, 0.1) is 5.41 Å². The van der Waals surface area contributed by atoms with Gasteiger partial charge in [0.2, 0.25) is 0 Å². The van der Waals surface area contributed by atoms with Crippen LogP contribution in [0.2, 0.25) is 0 Å². The van der Waals surface area contributed by atoms with Crippen LogP contribution in [-0.4, -0.2) is 37.5 Å². The van der Waals surface area contributed by atoms with E-state index in [1.54, 1.807) is 0 Å². The Balaban J connectivity index is 1.17. The van der Waals surface area contributed by atoms with E-state index in [0.717, 1.165) is 42.0 Å². The van der Waals surface area contributed by atoms with E-state index in [1.807, 2.05) is 0 Å². The number of nitrogens with zero attached hydrogens (tertiary/aromatic N) is 2. The van der Waals surface area contributed by atoms with Crippen LogP contribution in [0.25, 0.3) is 49.9 Å². The van der Waals surface area contributed by atoms with Crippen molar-refractivity contribution in [3.63, 3.8) is 0 Å². The lowest BCUT2D eigenvalue weighted by atomic mass is 9.71. The molecule has 404 valence electrons. The molecule has 0 saturated carbocycles. The van der Waals surface area contributed by atoms with E-state index in [4.69, 9.17) is 0 Å². The van der Waals surface area contributed by atoms with Gasteiger partial charge in [-0.2, -0.15) is 0 Å². The van der Waals surface area contributed by atoms with Crippen LogP contribution in [-0.2, 0) is 4.08 Å². The molecule has 1 atom stereocenters. The van der Waals surface area contributed by atoms with Crippen LogP contribution in [0.4, 0.5) is 22.7 Å². The van der Waals surface area contributed by atoms with Crippen LogP contribution in [0.1, 0.15) is 55.4 Å². The number of allylic oxidation sites excluding steroid dienone is 9. The van der Waals surface area contributed by atoms with E-state index in [-0.39, 0.29) is 9.49 Å². The first kappa shape index (κ1) is 53.6. The van der Waals surface area contributed by atoms with Crippen molar-refractivity contribution in [2.75, 3.05) is 47.3 Å². The molecular formula is C77H74N2S2. The molecule has 4 heteroatoms. The Morgan fingerprint density at radius 1 is 0.531 bits per heavy atom. The molecule has 9 aromatic carbocycles. The van der Waals surface area contributed by atoms with Crippen molar-refractivity contribution >= 4 is 70.4 Å². The molecule has 1 unspecified atom stereocenters. The van der Waals surface area contributed by atoms with Gasteiger partial charge < -0.3 is 9.80 Å². The zero-order chi connectivity index (χ0) is 55.9. The molecule has 0 saturated heterocycles. The highest BCUT2D eigenvalue weighted by Crippen LogP contribution is 2.80. The van der Waals surface area contributed by atoms with Gasteiger partial charge in [-0.25, -0.2) is 20.1 Å². The van der Waals surface area contributed by atoms with Crippen LogP contribution in [0.5, 0.6) is 0 Å².